The molecule has 0 aromatic heterocycles. The van der Waals surface area contributed by atoms with Crippen LogP contribution in [-0.2, 0) is 14.2 Å². The zero-order chi connectivity index (χ0) is 9.38. The summed E-state index contributed by atoms with van der Waals surface area (Å²) in [6.07, 6.45) is 0.396. The fourth-order valence-corrected chi connectivity index (χ4v) is 1.47. The SMILES string of the molecule is c1ccc(C2OC2OCC2CO2)cc1. The summed E-state index contributed by atoms with van der Waals surface area (Å²) < 4.78 is 15.9. The Kier molecular flexibility index (Phi) is 2.01. The van der Waals surface area contributed by atoms with Crippen molar-refractivity contribution in [2.24, 2.45) is 0 Å². The molecule has 2 fully saturated rings. The van der Waals surface area contributed by atoms with E-state index in [0.717, 1.165) is 6.61 Å². The first kappa shape index (κ1) is 8.41. The van der Waals surface area contributed by atoms with Gasteiger partial charge in [0.05, 0.1) is 13.2 Å². The Labute approximate surface area is 82.6 Å². The molecule has 3 atom stereocenters. The summed E-state index contributed by atoms with van der Waals surface area (Å²) in [5.41, 5.74) is 1.19. The van der Waals surface area contributed by atoms with Gasteiger partial charge in [-0.15, -0.1) is 0 Å². The van der Waals surface area contributed by atoms with E-state index < -0.39 is 0 Å². The molecule has 0 aliphatic carbocycles. The van der Waals surface area contributed by atoms with Crippen LogP contribution in [0.4, 0.5) is 0 Å². The molecule has 2 saturated heterocycles. The largest absolute Gasteiger partial charge is 0.371 e. The van der Waals surface area contributed by atoms with Crippen molar-refractivity contribution in [2.45, 2.75) is 18.5 Å². The van der Waals surface area contributed by atoms with E-state index in [1.165, 1.54) is 5.56 Å². The molecule has 0 N–H and O–H groups in total. The summed E-state index contributed by atoms with van der Waals surface area (Å²) in [4.78, 5) is 0. The highest BCUT2D eigenvalue weighted by atomic mass is 16.8. The lowest BCUT2D eigenvalue weighted by Gasteiger charge is -1.96. The van der Waals surface area contributed by atoms with E-state index in [1.807, 2.05) is 18.2 Å². The first-order valence-electron chi connectivity index (χ1n) is 4.87. The predicted octanol–water partition coefficient (Wildman–Crippen LogP) is 1.50. The molecular formula is C11H12O3. The van der Waals surface area contributed by atoms with Crippen molar-refractivity contribution in [3.63, 3.8) is 0 Å². The fraction of sp³-hybridized carbons (Fsp3) is 0.455. The van der Waals surface area contributed by atoms with Gasteiger partial charge >= 0.3 is 0 Å². The van der Waals surface area contributed by atoms with Crippen molar-refractivity contribution in [3.8, 4) is 0 Å². The van der Waals surface area contributed by atoms with Gasteiger partial charge in [-0.05, 0) is 5.56 Å². The summed E-state index contributed by atoms with van der Waals surface area (Å²) in [5.74, 6) is 0. The molecule has 0 bridgehead atoms. The molecule has 0 amide bonds. The molecule has 74 valence electrons. The average Bonchev–Trinajstić information content (AvgIpc) is 3.12. The van der Waals surface area contributed by atoms with Gasteiger partial charge in [-0.1, -0.05) is 30.3 Å². The molecular weight excluding hydrogens is 180 g/mol. The Bertz CT molecular complexity index is 308. The van der Waals surface area contributed by atoms with Crippen molar-refractivity contribution in [3.05, 3.63) is 35.9 Å². The van der Waals surface area contributed by atoms with Crippen LogP contribution in [-0.4, -0.2) is 25.6 Å². The number of rotatable bonds is 4. The molecule has 2 aliphatic rings. The Balaban J connectivity index is 1.52. The van der Waals surface area contributed by atoms with E-state index in [4.69, 9.17) is 14.2 Å². The zero-order valence-corrected chi connectivity index (χ0v) is 7.76. The lowest BCUT2D eigenvalue weighted by atomic mass is 10.2. The second kappa shape index (κ2) is 3.35. The van der Waals surface area contributed by atoms with E-state index in [0.29, 0.717) is 12.7 Å². The Morgan fingerprint density at radius 1 is 1.29 bits per heavy atom. The Morgan fingerprint density at radius 3 is 2.79 bits per heavy atom. The highest BCUT2D eigenvalue weighted by Gasteiger charge is 2.42. The van der Waals surface area contributed by atoms with E-state index >= 15 is 0 Å². The van der Waals surface area contributed by atoms with E-state index in [-0.39, 0.29) is 12.4 Å². The number of hydrogen-bond acceptors (Lipinski definition) is 3. The van der Waals surface area contributed by atoms with Crippen molar-refractivity contribution in [1.82, 2.24) is 0 Å². The molecule has 1 aromatic rings. The van der Waals surface area contributed by atoms with Gasteiger partial charge in [0.15, 0.2) is 6.29 Å². The highest BCUT2D eigenvalue weighted by molar-refractivity contribution is 5.21. The summed E-state index contributed by atoms with van der Waals surface area (Å²) in [6, 6.07) is 10.1. The van der Waals surface area contributed by atoms with Crippen LogP contribution >= 0.6 is 0 Å². The maximum Gasteiger partial charge on any atom is 0.189 e. The molecule has 0 radical (unpaired) electrons. The molecule has 0 spiro atoms. The zero-order valence-electron chi connectivity index (χ0n) is 7.76. The third-order valence-corrected chi connectivity index (χ3v) is 2.43. The molecule has 3 nitrogen and oxygen atoms in total. The lowest BCUT2D eigenvalue weighted by molar-refractivity contribution is 0.0405. The summed E-state index contributed by atoms with van der Waals surface area (Å²) in [5, 5.41) is 0. The van der Waals surface area contributed by atoms with Gasteiger partial charge in [-0.2, -0.15) is 0 Å². The van der Waals surface area contributed by atoms with Gasteiger partial charge < -0.3 is 14.2 Å². The highest BCUT2D eigenvalue weighted by Crippen LogP contribution is 2.39. The molecule has 3 heteroatoms. The molecule has 3 rings (SSSR count). The topological polar surface area (TPSA) is 34.3 Å². The molecule has 14 heavy (non-hydrogen) atoms. The monoisotopic (exact) mass is 192 g/mol. The predicted molar refractivity (Wildman–Crippen MR) is 49.7 cm³/mol. The van der Waals surface area contributed by atoms with Gasteiger partial charge in [0.2, 0.25) is 0 Å². The Morgan fingerprint density at radius 2 is 2.07 bits per heavy atom. The van der Waals surface area contributed by atoms with Crippen molar-refractivity contribution in [1.29, 1.82) is 0 Å². The fourth-order valence-electron chi connectivity index (χ4n) is 1.47. The first-order chi connectivity index (χ1) is 6.93. The second-order valence-corrected chi connectivity index (χ2v) is 3.62. The second-order valence-electron chi connectivity index (χ2n) is 3.62. The minimum atomic E-state index is -0.0541. The van der Waals surface area contributed by atoms with Crippen molar-refractivity contribution < 1.29 is 14.2 Å². The maximum atomic E-state index is 5.50. The third-order valence-electron chi connectivity index (χ3n) is 2.43. The van der Waals surface area contributed by atoms with Gasteiger partial charge in [0.25, 0.3) is 0 Å². The van der Waals surface area contributed by atoms with Crippen LogP contribution in [0.1, 0.15) is 11.7 Å². The number of benzene rings is 1. The maximum absolute atomic E-state index is 5.50. The molecule has 3 unspecified atom stereocenters. The molecule has 2 heterocycles. The van der Waals surface area contributed by atoms with E-state index in [1.54, 1.807) is 0 Å². The number of epoxide rings is 2. The van der Waals surface area contributed by atoms with Gasteiger partial charge in [-0.25, -0.2) is 0 Å². The Hall–Kier alpha value is -0.900. The average molecular weight is 192 g/mol. The summed E-state index contributed by atoms with van der Waals surface area (Å²) in [7, 11) is 0. The molecule has 0 saturated carbocycles. The number of hydrogen-bond donors (Lipinski definition) is 0. The van der Waals surface area contributed by atoms with Crippen molar-refractivity contribution >= 4 is 0 Å². The molecule has 2 aliphatic heterocycles. The minimum absolute atomic E-state index is 0.0541. The van der Waals surface area contributed by atoms with E-state index in [9.17, 15) is 0 Å². The van der Waals surface area contributed by atoms with E-state index in [2.05, 4.69) is 12.1 Å². The number of ether oxygens (including phenoxy) is 3. The summed E-state index contributed by atoms with van der Waals surface area (Å²) >= 11 is 0. The van der Waals surface area contributed by atoms with Crippen LogP contribution in [0.3, 0.4) is 0 Å². The quantitative estimate of drug-likeness (QED) is 0.678. The van der Waals surface area contributed by atoms with Crippen LogP contribution in [0.15, 0.2) is 30.3 Å². The van der Waals surface area contributed by atoms with Gasteiger partial charge in [0, 0.05) is 0 Å². The van der Waals surface area contributed by atoms with Crippen molar-refractivity contribution in [2.75, 3.05) is 13.2 Å². The first-order valence-corrected chi connectivity index (χ1v) is 4.87. The minimum Gasteiger partial charge on any atom is -0.371 e. The van der Waals surface area contributed by atoms with Gasteiger partial charge in [-0.3, -0.25) is 0 Å². The smallest absolute Gasteiger partial charge is 0.189 e. The standard InChI is InChI=1S/C11H12O3/c1-2-4-8(5-3-1)10-11(14-10)13-7-9-6-12-9/h1-5,9-11H,6-7H2. The molecule has 1 aromatic carbocycles. The van der Waals surface area contributed by atoms with Crippen LogP contribution in [0.5, 0.6) is 0 Å². The summed E-state index contributed by atoms with van der Waals surface area (Å²) in [6.45, 7) is 1.50. The lowest BCUT2D eigenvalue weighted by Crippen LogP contribution is -2.04. The van der Waals surface area contributed by atoms with Crippen LogP contribution in [0.25, 0.3) is 0 Å². The van der Waals surface area contributed by atoms with Gasteiger partial charge in [0.1, 0.15) is 12.2 Å². The van der Waals surface area contributed by atoms with Crippen LogP contribution in [0, 0.1) is 0 Å². The third kappa shape index (κ3) is 1.80. The van der Waals surface area contributed by atoms with Crippen LogP contribution < -0.4 is 0 Å². The van der Waals surface area contributed by atoms with Crippen LogP contribution in [0.2, 0.25) is 0 Å². The normalized spacial score (nSPS) is 34.1.